The van der Waals surface area contributed by atoms with E-state index in [0.29, 0.717) is 24.0 Å². The minimum atomic E-state index is -1.13. The van der Waals surface area contributed by atoms with Crippen LogP contribution in [0.15, 0.2) is 29.1 Å². The van der Waals surface area contributed by atoms with Crippen molar-refractivity contribution in [3.63, 3.8) is 0 Å². The van der Waals surface area contributed by atoms with Gasteiger partial charge in [0, 0.05) is 43.1 Å². The van der Waals surface area contributed by atoms with Crippen molar-refractivity contribution >= 4 is 11.8 Å². The number of aromatic amines is 1. The first kappa shape index (κ1) is 23.2. The molecule has 1 aromatic carbocycles. The Balaban J connectivity index is 1.45. The molecule has 1 aromatic heterocycles. The van der Waals surface area contributed by atoms with Crippen LogP contribution >= 0.6 is 0 Å². The topological polar surface area (TPSA) is 149 Å². The molecule has 2 amide bonds. The molecule has 4 atom stereocenters. The molecule has 0 radical (unpaired) electrons. The highest BCUT2D eigenvalue weighted by Gasteiger charge is 2.70. The molecular weight excluding hydrogens is 460 g/mol. The number of aromatic hydroxyl groups is 1. The highest BCUT2D eigenvalue weighted by molar-refractivity contribution is 5.96. The predicted octanol–water partition coefficient (Wildman–Crippen LogP) is 0.486. The fraction of sp³-hybridized carbons (Fsp3) is 0.519. The van der Waals surface area contributed by atoms with Crippen molar-refractivity contribution in [2.75, 3.05) is 19.6 Å². The summed E-state index contributed by atoms with van der Waals surface area (Å²) in [6.07, 6.45) is 3.92. The number of aromatic nitrogens is 1. The van der Waals surface area contributed by atoms with Gasteiger partial charge in [-0.3, -0.25) is 19.3 Å². The lowest BCUT2D eigenvalue weighted by atomic mass is 9.59. The van der Waals surface area contributed by atoms with Crippen molar-refractivity contribution in [2.45, 2.75) is 56.1 Å². The second kappa shape index (κ2) is 7.91. The smallest absolute Gasteiger partial charge is 0.261 e. The van der Waals surface area contributed by atoms with Crippen LogP contribution < -0.4 is 16.6 Å². The first-order valence-electron chi connectivity index (χ1n) is 12.7. The zero-order chi connectivity index (χ0) is 25.4. The number of benzene rings is 1. The van der Waals surface area contributed by atoms with E-state index in [1.54, 1.807) is 18.2 Å². The van der Waals surface area contributed by atoms with Crippen molar-refractivity contribution in [2.24, 2.45) is 17.6 Å². The average molecular weight is 493 g/mol. The van der Waals surface area contributed by atoms with Crippen molar-refractivity contribution in [1.29, 1.82) is 0 Å². The molecule has 0 spiro atoms. The molecule has 2 heterocycles. The van der Waals surface area contributed by atoms with Gasteiger partial charge in [0.2, 0.25) is 5.91 Å². The summed E-state index contributed by atoms with van der Waals surface area (Å²) in [7, 11) is 0. The molecule has 6 N–H and O–H groups in total. The zero-order valence-electron chi connectivity index (χ0n) is 20.3. The second-order valence-electron chi connectivity index (χ2n) is 11.3. The Kier molecular flexibility index (Phi) is 5.11. The van der Waals surface area contributed by atoms with E-state index in [0.717, 1.165) is 36.2 Å². The Hall–Kier alpha value is -3.17. The van der Waals surface area contributed by atoms with Crippen LogP contribution in [0.4, 0.5) is 0 Å². The summed E-state index contributed by atoms with van der Waals surface area (Å²) in [6.45, 7) is 3.56. The van der Waals surface area contributed by atoms with E-state index in [2.05, 4.69) is 15.2 Å². The Morgan fingerprint density at radius 1 is 1.25 bits per heavy atom. The molecule has 1 saturated heterocycles. The van der Waals surface area contributed by atoms with Crippen LogP contribution in [0.1, 0.15) is 52.0 Å². The number of aryl methyl sites for hydroxylation is 1. The molecule has 2 saturated carbocycles. The van der Waals surface area contributed by atoms with Crippen molar-refractivity contribution in [3.05, 3.63) is 62.6 Å². The van der Waals surface area contributed by atoms with Gasteiger partial charge < -0.3 is 26.2 Å². The number of amides is 2. The minimum Gasteiger partial charge on any atom is -0.508 e. The Morgan fingerprint density at radius 3 is 2.75 bits per heavy atom. The van der Waals surface area contributed by atoms with E-state index in [1.165, 1.54) is 12.8 Å². The van der Waals surface area contributed by atoms with E-state index in [-0.39, 0.29) is 30.3 Å². The lowest BCUT2D eigenvalue weighted by molar-refractivity contribution is -0.118. The van der Waals surface area contributed by atoms with Gasteiger partial charge in [-0.15, -0.1) is 0 Å². The summed E-state index contributed by atoms with van der Waals surface area (Å²) in [5, 5.41) is 25.4. The Morgan fingerprint density at radius 2 is 2.03 bits per heavy atom. The Labute approximate surface area is 208 Å². The molecule has 0 bridgehead atoms. The van der Waals surface area contributed by atoms with Gasteiger partial charge in [0.1, 0.15) is 11.3 Å². The first-order chi connectivity index (χ1) is 17.1. The molecule has 1 unspecified atom stereocenters. The summed E-state index contributed by atoms with van der Waals surface area (Å²) in [5.74, 6) is -0.207. The molecular formula is C27H32N4O5. The maximum Gasteiger partial charge on any atom is 0.261 e. The number of carbonyl (C=O) groups is 2. The number of aliphatic hydroxyl groups is 1. The number of phenolic OH excluding ortho intramolecular Hbond substituents is 1. The zero-order valence-corrected chi connectivity index (χ0v) is 20.3. The van der Waals surface area contributed by atoms with E-state index in [1.807, 2.05) is 13.0 Å². The van der Waals surface area contributed by atoms with Crippen LogP contribution in [-0.2, 0) is 23.1 Å². The number of pyridine rings is 1. The molecule has 6 rings (SSSR count). The van der Waals surface area contributed by atoms with Crippen molar-refractivity contribution in [3.8, 4) is 5.75 Å². The highest BCUT2D eigenvalue weighted by Crippen LogP contribution is 2.62. The summed E-state index contributed by atoms with van der Waals surface area (Å²) in [5.41, 5.74) is 6.03. The average Bonchev–Trinajstić information content (AvgIpc) is 3.59. The highest BCUT2D eigenvalue weighted by atomic mass is 16.3. The standard InChI is InChI=1S/C27H32N4O5/c1-14-2-5-18(32)7-20(14)26-8-17-13-31(12-15-3-4-15)23(17)27(26,36)9-16-6-19(24(34)29-11-22(28)33)25(35)30-21(16)10-26/h2,5-7,15,17,23,32,36H,3-4,8-13H2,1H3,(H2,28,33)(H,29,34)(H,30,35)/t17?,23-,26-,27-/m1/s1. The van der Waals surface area contributed by atoms with Crippen molar-refractivity contribution < 1.29 is 19.8 Å². The van der Waals surface area contributed by atoms with Crippen LogP contribution in [0, 0.1) is 18.8 Å². The third kappa shape index (κ3) is 3.40. The van der Waals surface area contributed by atoms with Crippen LogP contribution in [0.3, 0.4) is 0 Å². The lowest BCUT2D eigenvalue weighted by Gasteiger charge is -2.55. The summed E-state index contributed by atoms with van der Waals surface area (Å²) >= 11 is 0. The van der Waals surface area contributed by atoms with Gasteiger partial charge in [0.25, 0.3) is 11.5 Å². The summed E-state index contributed by atoms with van der Waals surface area (Å²) in [6, 6.07) is 6.84. The molecule has 4 aliphatic rings. The van der Waals surface area contributed by atoms with Crippen LogP contribution in [-0.4, -0.2) is 63.2 Å². The third-order valence-electron chi connectivity index (χ3n) is 8.99. The maximum atomic E-state index is 12.9. The van der Waals surface area contributed by atoms with E-state index in [9.17, 15) is 24.6 Å². The third-order valence-corrected chi connectivity index (χ3v) is 8.99. The van der Waals surface area contributed by atoms with Crippen molar-refractivity contribution in [1.82, 2.24) is 15.2 Å². The number of phenols is 1. The summed E-state index contributed by atoms with van der Waals surface area (Å²) < 4.78 is 0. The number of likely N-dealkylation sites (tertiary alicyclic amines) is 1. The number of fused-ring (bicyclic) bond motifs is 4. The molecule has 2 aromatic rings. The number of hydrogen-bond donors (Lipinski definition) is 5. The quantitative estimate of drug-likeness (QED) is 0.396. The number of nitrogens with zero attached hydrogens (tertiary/aromatic N) is 1. The first-order valence-corrected chi connectivity index (χ1v) is 12.7. The molecule has 1 aliphatic heterocycles. The van der Waals surface area contributed by atoms with E-state index in [4.69, 9.17) is 5.73 Å². The van der Waals surface area contributed by atoms with Crippen LogP contribution in [0.25, 0.3) is 0 Å². The van der Waals surface area contributed by atoms with Crippen LogP contribution in [0.5, 0.6) is 5.75 Å². The molecule has 36 heavy (non-hydrogen) atoms. The predicted molar refractivity (Wildman–Crippen MR) is 132 cm³/mol. The number of primary amides is 1. The van der Waals surface area contributed by atoms with Gasteiger partial charge in [-0.25, -0.2) is 0 Å². The largest absolute Gasteiger partial charge is 0.508 e. The number of rotatable bonds is 6. The second-order valence-corrected chi connectivity index (χ2v) is 11.3. The number of carbonyl (C=O) groups excluding carboxylic acids is 2. The fourth-order valence-electron chi connectivity index (χ4n) is 7.28. The number of nitrogens with two attached hydrogens (primary N) is 1. The van der Waals surface area contributed by atoms with Gasteiger partial charge in [0.15, 0.2) is 0 Å². The molecule has 9 nitrogen and oxygen atoms in total. The van der Waals surface area contributed by atoms with Crippen LogP contribution in [0.2, 0.25) is 0 Å². The van der Waals surface area contributed by atoms with E-state index >= 15 is 0 Å². The normalized spacial score (nSPS) is 30.6. The monoisotopic (exact) mass is 492 g/mol. The van der Waals surface area contributed by atoms with Gasteiger partial charge in [0.05, 0.1) is 12.1 Å². The summed E-state index contributed by atoms with van der Waals surface area (Å²) in [4.78, 5) is 41.9. The van der Waals surface area contributed by atoms with Gasteiger partial charge in [-0.05, 0) is 72.9 Å². The molecule has 190 valence electrons. The molecule has 9 heteroatoms. The Bertz CT molecular complexity index is 1330. The van der Waals surface area contributed by atoms with Gasteiger partial charge in [-0.2, -0.15) is 0 Å². The maximum absolute atomic E-state index is 12.9. The minimum absolute atomic E-state index is 0.0212. The molecule has 3 fully saturated rings. The SMILES string of the molecule is Cc1ccc(O)cc1[C@@]12Cc3[nH]c(=O)c(C(=O)NCC(N)=O)cc3C[C@@]1(O)[C@H]1C(CN1CC1CC1)C2. The number of hydrogen-bond acceptors (Lipinski definition) is 6. The number of nitrogens with one attached hydrogen (secondary N) is 2. The van der Waals surface area contributed by atoms with Gasteiger partial charge in [-0.1, -0.05) is 6.07 Å². The van der Waals surface area contributed by atoms with E-state index < -0.39 is 28.4 Å². The van der Waals surface area contributed by atoms with Gasteiger partial charge >= 0.3 is 0 Å². The number of H-pyrrole nitrogens is 1. The fourth-order valence-corrected chi connectivity index (χ4v) is 7.28. The molecule has 3 aliphatic carbocycles. The lowest BCUT2D eigenvalue weighted by Crippen LogP contribution is -2.68.